The van der Waals surface area contributed by atoms with Crippen molar-refractivity contribution in [1.82, 2.24) is 20.5 Å². The van der Waals surface area contributed by atoms with Crippen molar-refractivity contribution >= 4 is 22.9 Å². The van der Waals surface area contributed by atoms with Gasteiger partial charge in [0.25, 0.3) is 0 Å². The molecule has 0 unspecified atom stereocenters. The van der Waals surface area contributed by atoms with Crippen molar-refractivity contribution in [3.8, 4) is 0 Å². The summed E-state index contributed by atoms with van der Waals surface area (Å²) in [6, 6.07) is 7.19. The number of amides is 1. The number of aliphatic carboxylic acids is 1. The molecule has 21 heavy (non-hydrogen) atoms. The second kappa shape index (κ2) is 8.45. The Balaban J connectivity index is 0.000000210. The maximum Gasteiger partial charge on any atom is 0.329 e. The van der Waals surface area contributed by atoms with Crippen LogP contribution in [0.15, 0.2) is 24.3 Å². The number of carboxylic acid groups (broad SMARTS) is 1. The summed E-state index contributed by atoms with van der Waals surface area (Å²) in [7, 11) is 0. The van der Waals surface area contributed by atoms with E-state index >= 15 is 0 Å². The predicted octanol–water partition coefficient (Wildman–Crippen LogP) is -1.21. The molecule has 0 atom stereocenters. The van der Waals surface area contributed by atoms with Crippen LogP contribution in [-0.2, 0) is 14.3 Å². The molecule has 0 saturated heterocycles. The van der Waals surface area contributed by atoms with Gasteiger partial charge in [0.05, 0.1) is 6.54 Å². The van der Waals surface area contributed by atoms with Crippen molar-refractivity contribution in [1.29, 1.82) is 0 Å². The van der Waals surface area contributed by atoms with Gasteiger partial charge in [-0.25, -0.2) is 4.79 Å². The van der Waals surface area contributed by atoms with Crippen LogP contribution < -0.4 is 11.1 Å². The lowest BCUT2D eigenvalue weighted by Crippen LogP contribution is -2.32. The second-order valence-electron chi connectivity index (χ2n) is 3.66. The van der Waals surface area contributed by atoms with Crippen LogP contribution in [0.3, 0.4) is 0 Å². The third-order valence-corrected chi connectivity index (χ3v) is 2.12. The molecule has 1 aromatic heterocycles. The van der Waals surface area contributed by atoms with Crippen molar-refractivity contribution in [2.24, 2.45) is 5.73 Å². The highest BCUT2D eigenvalue weighted by atomic mass is 16.5. The van der Waals surface area contributed by atoms with Gasteiger partial charge in [-0.15, -0.1) is 5.10 Å². The van der Waals surface area contributed by atoms with Gasteiger partial charge < -0.3 is 26.1 Å². The summed E-state index contributed by atoms with van der Waals surface area (Å²) in [4.78, 5) is 21.0. The van der Waals surface area contributed by atoms with Crippen LogP contribution >= 0.6 is 0 Å². The minimum atomic E-state index is -1.08. The van der Waals surface area contributed by atoms with Crippen LogP contribution in [0.4, 0.5) is 0 Å². The Bertz CT molecular complexity index is 599. The number of nitrogens with one attached hydrogen (secondary N) is 1. The van der Waals surface area contributed by atoms with Crippen molar-refractivity contribution in [2.45, 2.75) is 0 Å². The number of carbonyl (C=O) groups is 2. The molecule has 0 radical (unpaired) electrons. The SMILES string of the molecule is NCC(=O)NCOCC(=O)O.On1nnc2ccccc21. The van der Waals surface area contributed by atoms with Crippen LogP contribution in [0.2, 0.25) is 0 Å². The first-order valence-electron chi connectivity index (χ1n) is 5.80. The molecule has 0 aliphatic heterocycles. The molecule has 1 heterocycles. The molecule has 5 N–H and O–H groups in total. The smallest absolute Gasteiger partial charge is 0.329 e. The lowest BCUT2D eigenvalue weighted by Gasteiger charge is -2.01. The molecule has 10 heteroatoms. The summed E-state index contributed by atoms with van der Waals surface area (Å²) in [5.74, 6) is -1.46. The highest BCUT2D eigenvalue weighted by Gasteiger charge is 1.98. The van der Waals surface area contributed by atoms with E-state index in [2.05, 4.69) is 20.4 Å². The average molecular weight is 297 g/mol. The van der Waals surface area contributed by atoms with Gasteiger partial charge in [0, 0.05) is 0 Å². The van der Waals surface area contributed by atoms with E-state index in [0.29, 0.717) is 11.0 Å². The van der Waals surface area contributed by atoms with E-state index < -0.39 is 12.6 Å². The van der Waals surface area contributed by atoms with Gasteiger partial charge in [0.2, 0.25) is 5.91 Å². The van der Waals surface area contributed by atoms with Gasteiger partial charge in [0.15, 0.2) is 0 Å². The number of rotatable bonds is 5. The zero-order valence-electron chi connectivity index (χ0n) is 11.0. The van der Waals surface area contributed by atoms with E-state index in [1.807, 2.05) is 12.1 Å². The Kier molecular flexibility index (Phi) is 6.57. The van der Waals surface area contributed by atoms with Crippen LogP contribution in [0.5, 0.6) is 0 Å². The first-order valence-corrected chi connectivity index (χ1v) is 5.80. The van der Waals surface area contributed by atoms with Crippen LogP contribution in [-0.4, -0.2) is 57.2 Å². The summed E-state index contributed by atoms with van der Waals surface area (Å²) in [5.41, 5.74) is 6.26. The van der Waals surface area contributed by atoms with Gasteiger partial charge in [-0.1, -0.05) is 17.0 Å². The van der Waals surface area contributed by atoms with Crippen molar-refractivity contribution in [3.05, 3.63) is 24.3 Å². The average Bonchev–Trinajstić information content (AvgIpc) is 2.86. The van der Waals surface area contributed by atoms with Gasteiger partial charge in [-0.05, 0) is 17.3 Å². The molecule has 0 fully saturated rings. The lowest BCUT2D eigenvalue weighted by molar-refractivity contribution is -0.143. The number of carbonyl (C=O) groups excluding carboxylic acids is 1. The van der Waals surface area contributed by atoms with Gasteiger partial charge in [-0.2, -0.15) is 0 Å². The van der Waals surface area contributed by atoms with Gasteiger partial charge in [0.1, 0.15) is 24.4 Å². The molecule has 1 amide bonds. The standard InChI is InChI=1S/C6H5N3O.C5H10N2O4/c10-9-6-4-2-1-3-5(6)7-8-9;6-1-4(8)7-3-11-2-5(9)10/h1-4,10H;1-3,6H2,(H,7,8)(H,9,10). The first-order chi connectivity index (χ1) is 10.0. The van der Waals surface area contributed by atoms with Gasteiger partial charge in [-0.3, -0.25) is 4.79 Å². The zero-order chi connectivity index (χ0) is 15.7. The van der Waals surface area contributed by atoms with Crippen LogP contribution in [0.25, 0.3) is 11.0 Å². The monoisotopic (exact) mass is 297 g/mol. The summed E-state index contributed by atoms with van der Waals surface area (Å²) < 4.78 is 4.48. The Labute approximate surface area is 119 Å². The number of hydrogen-bond donors (Lipinski definition) is 4. The van der Waals surface area contributed by atoms with E-state index in [-0.39, 0.29) is 19.2 Å². The fourth-order valence-corrected chi connectivity index (χ4v) is 1.20. The molecule has 0 spiro atoms. The summed E-state index contributed by atoms with van der Waals surface area (Å²) >= 11 is 0. The summed E-state index contributed by atoms with van der Waals surface area (Å²) in [6.45, 7) is -0.677. The summed E-state index contributed by atoms with van der Waals surface area (Å²) in [5, 5.41) is 26.4. The van der Waals surface area contributed by atoms with E-state index in [9.17, 15) is 9.59 Å². The quantitative estimate of drug-likeness (QED) is 0.304. The molecule has 0 aliphatic carbocycles. The van der Waals surface area contributed by atoms with Crippen molar-refractivity contribution in [3.63, 3.8) is 0 Å². The number of ether oxygens (including phenoxy) is 1. The van der Waals surface area contributed by atoms with E-state index in [0.717, 1.165) is 4.85 Å². The molecule has 114 valence electrons. The number of aromatic nitrogens is 3. The Hall–Kier alpha value is -2.72. The molecule has 10 nitrogen and oxygen atoms in total. The largest absolute Gasteiger partial charge is 0.480 e. The molecule has 0 bridgehead atoms. The first kappa shape index (κ1) is 16.3. The van der Waals surface area contributed by atoms with Crippen LogP contribution in [0, 0.1) is 0 Å². The Morgan fingerprint density at radius 1 is 1.38 bits per heavy atom. The number of nitrogens with zero attached hydrogens (tertiary/aromatic N) is 3. The molecule has 1 aromatic carbocycles. The Morgan fingerprint density at radius 3 is 2.71 bits per heavy atom. The fourth-order valence-electron chi connectivity index (χ4n) is 1.20. The lowest BCUT2D eigenvalue weighted by atomic mass is 10.3. The Morgan fingerprint density at radius 2 is 2.10 bits per heavy atom. The minimum Gasteiger partial charge on any atom is -0.480 e. The third-order valence-electron chi connectivity index (χ3n) is 2.12. The van der Waals surface area contributed by atoms with Crippen LogP contribution in [0.1, 0.15) is 0 Å². The minimum absolute atomic E-state index is 0.123. The zero-order valence-corrected chi connectivity index (χ0v) is 11.0. The topological polar surface area (TPSA) is 153 Å². The maximum absolute atomic E-state index is 10.4. The maximum atomic E-state index is 10.4. The fraction of sp³-hybridized carbons (Fsp3) is 0.273. The van der Waals surface area contributed by atoms with Crippen molar-refractivity contribution < 1.29 is 24.6 Å². The number of benzene rings is 1. The molecule has 2 rings (SSSR count). The highest BCUT2D eigenvalue weighted by molar-refractivity contribution is 5.77. The highest BCUT2D eigenvalue weighted by Crippen LogP contribution is 2.06. The van der Waals surface area contributed by atoms with E-state index in [1.165, 1.54) is 0 Å². The predicted molar refractivity (Wildman–Crippen MR) is 70.4 cm³/mol. The molecular formula is C11H15N5O5. The number of nitrogens with two attached hydrogens (primary N) is 1. The number of hydrogen-bond acceptors (Lipinski definition) is 7. The number of para-hydroxylation sites is 1. The van der Waals surface area contributed by atoms with E-state index in [4.69, 9.17) is 16.0 Å². The molecule has 2 aromatic rings. The van der Waals surface area contributed by atoms with Gasteiger partial charge >= 0.3 is 5.97 Å². The van der Waals surface area contributed by atoms with E-state index in [1.54, 1.807) is 12.1 Å². The van der Waals surface area contributed by atoms with Crippen molar-refractivity contribution in [2.75, 3.05) is 19.9 Å². The number of carboxylic acids is 1. The normalized spacial score (nSPS) is 9.76. The second-order valence-corrected chi connectivity index (χ2v) is 3.66. The molecule has 0 aliphatic rings. The molecule has 0 saturated carbocycles. The number of fused-ring (bicyclic) bond motifs is 1. The summed E-state index contributed by atoms with van der Waals surface area (Å²) in [6.07, 6.45) is 0. The molecular weight excluding hydrogens is 282 g/mol. The third kappa shape index (κ3) is 5.84.